The number of nitrogens with zero attached hydrogens (tertiary/aromatic N) is 1. The van der Waals surface area contributed by atoms with E-state index < -0.39 is 11.9 Å². The van der Waals surface area contributed by atoms with Gasteiger partial charge in [-0.25, -0.2) is 4.98 Å². The van der Waals surface area contributed by atoms with Crippen molar-refractivity contribution in [1.82, 2.24) is 4.98 Å². The number of benzene rings is 1. The van der Waals surface area contributed by atoms with E-state index in [4.69, 9.17) is 11.5 Å². The number of amides is 1. The molecule has 0 bridgehead atoms. The molecule has 1 heterocycles. The van der Waals surface area contributed by atoms with Gasteiger partial charge in [0.25, 0.3) is 5.91 Å². The van der Waals surface area contributed by atoms with Gasteiger partial charge in [-0.2, -0.15) is 4.39 Å². The molecule has 0 aliphatic heterocycles. The Kier molecular flexibility index (Phi) is 3.09. The summed E-state index contributed by atoms with van der Waals surface area (Å²) in [5.74, 6) is -1.01. The van der Waals surface area contributed by atoms with Gasteiger partial charge in [-0.1, -0.05) is 0 Å². The number of hydrogen-bond donors (Lipinski definition) is 3. The third-order valence-electron chi connectivity index (χ3n) is 2.31. The van der Waals surface area contributed by atoms with Gasteiger partial charge in [0.15, 0.2) is 0 Å². The maximum atomic E-state index is 12.6. The molecule has 92 valence electrons. The molecule has 0 saturated carbocycles. The summed E-state index contributed by atoms with van der Waals surface area (Å²) in [6, 6.07) is 7.17. The molecule has 0 unspecified atom stereocenters. The first-order valence-corrected chi connectivity index (χ1v) is 5.14. The van der Waals surface area contributed by atoms with E-state index in [2.05, 4.69) is 10.3 Å². The summed E-state index contributed by atoms with van der Waals surface area (Å²) in [5, 5.41) is 2.56. The molecule has 0 radical (unpaired) electrons. The predicted molar refractivity (Wildman–Crippen MR) is 67.4 cm³/mol. The molecule has 0 fully saturated rings. The van der Waals surface area contributed by atoms with Crippen molar-refractivity contribution in [3.8, 4) is 0 Å². The monoisotopic (exact) mass is 246 g/mol. The molecule has 0 atom stereocenters. The number of nitrogens with two attached hydrogens (primary N) is 2. The quantitative estimate of drug-likeness (QED) is 0.554. The minimum Gasteiger partial charge on any atom is -0.399 e. The van der Waals surface area contributed by atoms with Gasteiger partial charge in [0, 0.05) is 11.4 Å². The predicted octanol–water partition coefficient (Wildman–Crippen LogP) is 1.64. The molecule has 1 aromatic carbocycles. The number of pyridine rings is 1. The normalized spacial score (nSPS) is 10.1. The molecular weight excluding hydrogens is 235 g/mol. The number of carbonyl (C=O) groups excluding carboxylic acids is 1. The number of halogens is 1. The second-order valence-corrected chi connectivity index (χ2v) is 3.67. The third kappa shape index (κ3) is 2.54. The summed E-state index contributed by atoms with van der Waals surface area (Å²) in [6.45, 7) is 0. The number of nitrogens with one attached hydrogen (secondary N) is 1. The van der Waals surface area contributed by atoms with E-state index in [1.165, 1.54) is 24.4 Å². The Morgan fingerprint density at radius 1 is 1.22 bits per heavy atom. The van der Waals surface area contributed by atoms with E-state index in [0.29, 0.717) is 16.9 Å². The van der Waals surface area contributed by atoms with Crippen LogP contribution in [0.25, 0.3) is 0 Å². The second-order valence-electron chi connectivity index (χ2n) is 3.67. The molecule has 5 nitrogen and oxygen atoms in total. The van der Waals surface area contributed by atoms with Crippen molar-refractivity contribution in [3.05, 3.63) is 48.0 Å². The Labute approximate surface area is 103 Å². The lowest BCUT2D eigenvalue weighted by Gasteiger charge is -2.07. The number of nitrogen functional groups attached to an aromatic ring is 2. The zero-order valence-corrected chi connectivity index (χ0v) is 9.35. The Morgan fingerprint density at radius 2 is 2.00 bits per heavy atom. The van der Waals surface area contributed by atoms with Crippen molar-refractivity contribution < 1.29 is 9.18 Å². The molecule has 0 spiro atoms. The van der Waals surface area contributed by atoms with Crippen LogP contribution < -0.4 is 16.8 Å². The average Bonchev–Trinajstić information content (AvgIpc) is 2.32. The van der Waals surface area contributed by atoms with Crippen molar-refractivity contribution in [2.75, 3.05) is 16.8 Å². The smallest absolute Gasteiger partial charge is 0.257 e. The molecule has 18 heavy (non-hydrogen) atoms. The van der Waals surface area contributed by atoms with Crippen LogP contribution in [0.1, 0.15) is 10.4 Å². The van der Waals surface area contributed by atoms with Gasteiger partial charge in [0.05, 0.1) is 17.4 Å². The standard InChI is InChI=1S/C12H11FN4O/c13-11-4-2-8(6-16-11)17-12(18)9-3-1-7(14)5-10(9)15/h1-6H,14-15H2,(H,17,18). The molecule has 1 amide bonds. The molecule has 1 aromatic heterocycles. The van der Waals surface area contributed by atoms with Gasteiger partial charge in [-0.15, -0.1) is 0 Å². The van der Waals surface area contributed by atoms with E-state index in [1.54, 1.807) is 6.07 Å². The van der Waals surface area contributed by atoms with Crippen LogP contribution in [0.2, 0.25) is 0 Å². The zero-order chi connectivity index (χ0) is 13.1. The molecule has 5 N–H and O–H groups in total. The van der Waals surface area contributed by atoms with Gasteiger partial charge < -0.3 is 16.8 Å². The highest BCUT2D eigenvalue weighted by Gasteiger charge is 2.10. The van der Waals surface area contributed by atoms with E-state index in [9.17, 15) is 9.18 Å². The lowest BCUT2D eigenvalue weighted by atomic mass is 10.1. The van der Waals surface area contributed by atoms with Crippen molar-refractivity contribution in [3.63, 3.8) is 0 Å². The molecular formula is C12H11FN4O. The van der Waals surface area contributed by atoms with Gasteiger partial charge >= 0.3 is 0 Å². The fraction of sp³-hybridized carbons (Fsp3) is 0. The maximum Gasteiger partial charge on any atom is 0.257 e. The fourth-order valence-corrected chi connectivity index (χ4v) is 1.44. The molecule has 6 heteroatoms. The van der Waals surface area contributed by atoms with Crippen LogP contribution in [0.4, 0.5) is 21.5 Å². The van der Waals surface area contributed by atoms with Crippen molar-refractivity contribution in [2.24, 2.45) is 0 Å². The number of rotatable bonds is 2. The topological polar surface area (TPSA) is 94.0 Å². The minimum absolute atomic E-state index is 0.280. The Morgan fingerprint density at radius 3 is 2.61 bits per heavy atom. The first-order valence-electron chi connectivity index (χ1n) is 5.14. The summed E-state index contributed by atoms with van der Waals surface area (Å²) in [6.07, 6.45) is 1.22. The first-order chi connectivity index (χ1) is 8.56. The summed E-state index contributed by atoms with van der Waals surface area (Å²) in [5.41, 5.74) is 12.7. The number of aromatic nitrogens is 1. The summed E-state index contributed by atoms with van der Waals surface area (Å²) >= 11 is 0. The van der Waals surface area contributed by atoms with Crippen molar-refractivity contribution in [1.29, 1.82) is 0 Å². The lowest BCUT2D eigenvalue weighted by molar-refractivity contribution is 0.102. The Hall–Kier alpha value is -2.63. The zero-order valence-electron chi connectivity index (χ0n) is 9.35. The summed E-state index contributed by atoms with van der Waals surface area (Å²) < 4.78 is 12.6. The van der Waals surface area contributed by atoms with Gasteiger partial charge in [0.2, 0.25) is 5.95 Å². The maximum absolute atomic E-state index is 12.6. The second kappa shape index (κ2) is 4.70. The largest absolute Gasteiger partial charge is 0.399 e. The molecule has 2 aromatic rings. The number of hydrogen-bond acceptors (Lipinski definition) is 4. The van der Waals surface area contributed by atoms with Gasteiger partial charge in [-0.05, 0) is 30.3 Å². The van der Waals surface area contributed by atoms with E-state index >= 15 is 0 Å². The highest BCUT2D eigenvalue weighted by molar-refractivity contribution is 6.07. The number of carbonyl (C=O) groups is 1. The Bertz CT molecular complexity index is 583. The fourth-order valence-electron chi connectivity index (χ4n) is 1.44. The average molecular weight is 246 g/mol. The third-order valence-corrected chi connectivity index (χ3v) is 2.31. The first kappa shape index (κ1) is 11.8. The van der Waals surface area contributed by atoms with Gasteiger partial charge in [-0.3, -0.25) is 4.79 Å². The van der Waals surface area contributed by atoms with Crippen LogP contribution in [0.3, 0.4) is 0 Å². The summed E-state index contributed by atoms with van der Waals surface area (Å²) in [7, 11) is 0. The van der Waals surface area contributed by atoms with Crippen molar-refractivity contribution >= 4 is 23.0 Å². The van der Waals surface area contributed by atoms with Crippen LogP contribution in [-0.2, 0) is 0 Å². The Balaban J connectivity index is 2.19. The van der Waals surface area contributed by atoms with Crippen LogP contribution in [0, 0.1) is 5.95 Å². The van der Waals surface area contributed by atoms with E-state index in [1.807, 2.05) is 0 Å². The highest BCUT2D eigenvalue weighted by atomic mass is 19.1. The molecule has 2 rings (SSSR count). The van der Waals surface area contributed by atoms with E-state index in [0.717, 1.165) is 6.07 Å². The SMILES string of the molecule is Nc1ccc(C(=O)Nc2ccc(F)nc2)c(N)c1. The minimum atomic E-state index is -0.611. The van der Waals surface area contributed by atoms with Crippen LogP contribution in [0.15, 0.2) is 36.5 Å². The van der Waals surface area contributed by atoms with Crippen LogP contribution in [0.5, 0.6) is 0 Å². The summed E-state index contributed by atoms with van der Waals surface area (Å²) in [4.78, 5) is 15.3. The molecule has 0 aliphatic rings. The van der Waals surface area contributed by atoms with Crippen LogP contribution in [-0.4, -0.2) is 10.9 Å². The number of anilines is 3. The molecule has 0 saturated heterocycles. The van der Waals surface area contributed by atoms with Crippen molar-refractivity contribution in [2.45, 2.75) is 0 Å². The lowest BCUT2D eigenvalue weighted by Crippen LogP contribution is -2.14. The van der Waals surface area contributed by atoms with Crippen LogP contribution >= 0.6 is 0 Å². The highest BCUT2D eigenvalue weighted by Crippen LogP contribution is 2.17. The molecule has 0 aliphatic carbocycles. The van der Waals surface area contributed by atoms with E-state index in [-0.39, 0.29) is 5.69 Å². The van der Waals surface area contributed by atoms with Gasteiger partial charge in [0.1, 0.15) is 0 Å².